The van der Waals surface area contributed by atoms with E-state index in [4.69, 9.17) is 10.5 Å². The molecule has 0 saturated heterocycles. The highest BCUT2D eigenvalue weighted by molar-refractivity contribution is 6.42. The third-order valence-corrected chi connectivity index (χ3v) is 6.87. The number of aromatic amines is 1. The van der Waals surface area contributed by atoms with Gasteiger partial charge in [0.05, 0.1) is 23.2 Å². The van der Waals surface area contributed by atoms with E-state index in [1.165, 1.54) is 45.9 Å². The van der Waals surface area contributed by atoms with E-state index < -0.39 is 17.2 Å². The molecule has 4 heterocycles. The highest BCUT2D eigenvalue weighted by atomic mass is 16.5. The Morgan fingerprint density at radius 3 is 2.66 bits per heavy atom. The van der Waals surface area contributed by atoms with Crippen LogP contribution in [-0.2, 0) is 22.5 Å². The molecule has 0 radical (unpaired) electrons. The number of nitrogens with zero attached hydrogens (tertiary/aromatic N) is 6. The van der Waals surface area contributed by atoms with Gasteiger partial charge < -0.3 is 20.4 Å². The van der Waals surface area contributed by atoms with Gasteiger partial charge in [-0.15, -0.1) is 0 Å². The average molecular weight is 551 g/mol. The summed E-state index contributed by atoms with van der Waals surface area (Å²) in [6.45, 7) is 5.70. The molecule has 5 rings (SSSR count). The summed E-state index contributed by atoms with van der Waals surface area (Å²) in [5.41, 5.74) is 7.83. The van der Waals surface area contributed by atoms with Gasteiger partial charge in [0.2, 0.25) is 0 Å². The number of benzene rings is 1. The number of pyridine rings is 1. The Labute approximate surface area is 233 Å². The van der Waals surface area contributed by atoms with E-state index in [0.717, 1.165) is 0 Å². The van der Waals surface area contributed by atoms with Crippen molar-refractivity contribution in [3.63, 3.8) is 0 Å². The van der Waals surface area contributed by atoms with Gasteiger partial charge in [0.15, 0.2) is 5.82 Å². The lowest BCUT2D eigenvalue weighted by Gasteiger charge is -2.30. The van der Waals surface area contributed by atoms with Crippen molar-refractivity contribution in [3.8, 4) is 11.8 Å². The van der Waals surface area contributed by atoms with Crippen LogP contribution in [0.2, 0.25) is 0 Å². The lowest BCUT2D eigenvalue weighted by molar-refractivity contribution is -0.127. The number of rotatable bonds is 6. The monoisotopic (exact) mass is 550 g/mol. The first-order valence-electron chi connectivity index (χ1n) is 12.6. The van der Waals surface area contributed by atoms with Gasteiger partial charge in [-0.3, -0.25) is 19.0 Å². The molecule has 1 aromatic carbocycles. The van der Waals surface area contributed by atoms with Gasteiger partial charge in [0.1, 0.15) is 29.5 Å². The fourth-order valence-electron chi connectivity index (χ4n) is 4.93. The Kier molecular flexibility index (Phi) is 7.09. The second-order valence-corrected chi connectivity index (χ2v) is 9.27. The van der Waals surface area contributed by atoms with E-state index in [2.05, 4.69) is 21.6 Å². The SMILES string of the molecule is C=C/C(OC)=c1/c(C(=O)C(=O)N2CCc3c(cc(C#N)c(=O)n3-c3ccccc3)C2)c[nH]/c1=C(/N)n1cnc(C)n1. The van der Waals surface area contributed by atoms with Crippen LogP contribution in [0.1, 0.15) is 33.0 Å². The number of aromatic nitrogens is 5. The average Bonchev–Trinajstić information content (AvgIpc) is 3.63. The van der Waals surface area contributed by atoms with Crippen molar-refractivity contribution in [2.75, 3.05) is 13.7 Å². The zero-order valence-corrected chi connectivity index (χ0v) is 22.4. The first-order chi connectivity index (χ1) is 19.8. The van der Waals surface area contributed by atoms with Crippen molar-refractivity contribution in [1.82, 2.24) is 29.2 Å². The number of fused-ring (bicyclic) bond motifs is 1. The predicted octanol–water partition coefficient (Wildman–Crippen LogP) is 0.218. The van der Waals surface area contributed by atoms with E-state index >= 15 is 0 Å². The molecule has 0 fully saturated rings. The predicted molar refractivity (Wildman–Crippen MR) is 149 cm³/mol. The summed E-state index contributed by atoms with van der Waals surface area (Å²) in [5.74, 6) is -0.685. The quantitative estimate of drug-likeness (QED) is 0.254. The van der Waals surface area contributed by atoms with E-state index in [1.807, 2.05) is 12.1 Å². The van der Waals surface area contributed by atoms with Crippen molar-refractivity contribution < 1.29 is 14.3 Å². The number of methoxy groups -OCH3 is 1. The molecule has 3 N–H and O–H groups in total. The second-order valence-electron chi connectivity index (χ2n) is 9.27. The summed E-state index contributed by atoms with van der Waals surface area (Å²) in [7, 11) is 1.42. The maximum absolute atomic E-state index is 13.6. The number of Topliss-reactive ketones (excluding diaryl/α,β-unsaturated/α-hetero) is 1. The van der Waals surface area contributed by atoms with Gasteiger partial charge in [0, 0.05) is 37.1 Å². The molecule has 12 heteroatoms. The molecule has 0 aliphatic carbocycles. The number of carbonyl (C=O) groups is 2. The summed E-state index contributed by atoms with van der Waals surface area (Å²) in [6.07, 6.45) is 4.54. The lowest BCUT2D eigenvalue weighted by Crippen LogP contribution is -2.44. The van der Waals surface area contributed by atoms with Crippen molar-refractivity contribution >= 4 is 23.3 Å². The Bertz CT molecular complexity index is 1930. The molecule has 0 spiro atoms. The molecule has 12 nitrogen and oxygen atoms in total. The van der Waals surface area contributed by atoms with Crippen LogP contribution in [0.5, 0.6) is 0 Å². The van der Waals surface area contributed by atoms with E-state index in [9.17, 15) is 19.6 Å². The Hall–Kier alpha value is -5.70. The largest absolute Gasteiger partial charge is 0.496 e. The van der Waals surface area contributed by atoms with Gasteiger partial charge in [-0.2, -0.15) is 10.4 Å². The number of ether oxygens (including phenoxy) is 1. The summed E-state index contributed by atoms with van der Waals surface area (Å²) < 4.78 is 8.30. The number of aryl methyl sites for hydroxylation is 1. The number of hydrogen-bond acceptors (Lipinski definition) is 8. The van der Waals surface area contributed by atoms with Crippen LogP contribution in [-0.4, -0.2) is 54.6 Å². The highest BCUT2D eigenvalue weighted by Crippen LogP contribution is 2.22. The highest BCUT2D eigenvalue weighted by Gasteiger charge is 2.31. The van der Waals surface area contributed by atoms with Crippen LogP contribution in [0.3, 0.4) is 0 Å². The number of para-hydroxylation sites is 1. The standard InChI is InChI=1S/C29H26N8O4/c1-4-23(41-3)24-21(14-32-25(24)27(31)36-16-33-17(2)34-36)26(38)29(40)35-11-10-22-19(15-35)12-18(13-30)28(39)37(22)20-8-6-5-7-9-20/h4-9,12,14,16,32H,1,10-11,15,31H2,2-3H3/b24-23+,27-25-. The minimum Gasteiger partial charge on any atom is -0.496 e. The zero-order chi connectivity index (χ0) is 29.3. The number of carbonyl (C=O) groups excluding carboxylic acids is 2. The molecule has 0 atom stereocenters. The first-order valence-corrected chi connectivity index (χ1v) is 12.6. The number of amides is 1. The summed E-state index contributed by atoms with van der Waals surface area (Å²) in [5, 5.41) is 14.4. The fraction of sp³-hybridized carbons (Fsp3) is 0.172. The van der Waals surface area contributed by atoms with Gasteiger partial charge >= 0.3 is 0 Å². The van der Waals surface area contributed by atoms with Crippen molar-refractivity contribution in [2.45, 2.75) is 19.9 Å². The van der Waals surface area contributed by atoms with Crippen LogP contribution in [0.15, 0.2) is 66.4 Å². The summed E-state index contributed by atoms with van der Waals surface area (Å²) in [6, 6.07) is 12.4. The smallest absolute Gasteiger partial charge is 0.295 e. The zero-order valence-electron chi connectivity index (χ0n) is 22.4. The molecule has 0 saturated carbocycles. The number of nitrogens with two attached hydrogens (primary N) is 1. The molecular weight excluding hydrogens is 524 g/mol. The lowest BCUT2D eigenvalue weighted by atomic mass is 10.0. The molecule has 1 aliphatic heterocycles. The summed E-state index contributed by atoms with van der Waals surface area (Å²) >= 11 is 0. The number of H-pyrrole nitrogens is 1. The molecule has 0 unspecified atom stereocenters. The van der Waals surface area contributed by atoms with Crippen molar-refractivity contribution in [1.29, 1.82) is 5.26 Å². The molecule has 41 heavy (non-hydrogen) atoms. The number of hydrogen-bond donors (Lipinski definition) is 2. The van der Waals surface area contributed by atoms with Crippen LogP contribution in [0.4, 0.5) is 0 Å². The molecular formula is C29H26N8O4. The Morgan fingerprint density at radius 2 is 2.02 bits per heavy atom. The van der Waals surface area contributed by atoms with Gasteiger partial charge in [0.25, 0.3) is 17.2 Å². The normalized spacial score (nSPS) is 14.0. The number of ketones is 1. The van der Waals surface area contributed by atoms with Crippen molar-refractivity contribution in [2.24, 2.45) is 5.73 Å². The van der Waals surface area contributed by atoms with Crippen LogP contribution in [0.25, 0.3) is 17.3 Å². The van der Waals surface area contributed by atoms with Crippen LogP contribution in [0, 0.1) is 18.3 Å². The number of nitrogens with one attached hydrogen (secondary N) is 1. The molecule has 4 aromatic rings. The van der Waals surface area contributed by atoms with Crippen molar-refractivity contribution in [3.05, 3.63) is 111 Å². The Balaban J connectivity index is 1.56. The summed E-state index contributed by atoms with van der Waals surface area (Å²) in [4.78, 5) is 48.7. The van der Waals surface area contributed by atoms with Gasteiger partial charge in [-0.25, -0.2) is 9.67 Å². The maximum atomic E-state index is 13.6. The number of nitriles is 1. The molecule has 1 aliphatic rings. The third-order valence-electron chi connectivity index (χ3n) is 6.87. The first kappa shape index (κ1) is 26.9. The van der Waals surface area contributed by atoms with Gasteiger partial charge in [-0.05, 0) is 36.8 Å². The van der Waals surface area contributed by atoms with Crippen LogP contribution < -0.4 is 21.9 Å². The van der Waals surface area contributed by atoms with E-state index in [0.29, 0.717) is 34.5 Å². The second kappa shape index (κ2) is 10.8. The van der Waals surface area contributed by atoms with Crippen LogP contribution >= 0.6 is 0 Å². The molecule has 206 valence electrons. The molecule has 3 aromatic heterocycles. The topological polar surface area (TPSA) is 165 Å². The molecule has 1 amide bonds. The van der Waals surface area contributed by atoms with Gasteiger partial charge in [-0.1, -0.05) is 24.8 Å². The minimum atomic E-state index is -0.790. The maximum Gasteiger partial charge on any atom is 0.295 e. The van der Waals surface area contributed by atoms with E-state index in [-0.39, 0.29) is 41.0 Å². The van der Waals surface area contributed by atoms with E-state index in [1.54, 1.807) is 31.2 Å². The minimum absolute atomic E-state index is 0.0410. The third kappa shape index (κ3) is 4.70. The molecule has 0 bridgehead atoms. The fourth-order valence-corrected chi connectivity index (χ4v) is 4.93. The Morgan fingerprint density at radius 1 is 1.27 bits per heavy atom.